The van der Waals surface area contributed by atoms with Crippen LogP contribution in [0.2, 0.25) is 10.0 Å². The fourth-order valence-corrected chi connectivity index (χ4v) is 2.31. The van der Waals surface area contributed by atoms with E-state index in [4.69, 9.17) is 23.2 Å². The van der Waals surface area contributed by atoms with Gasteiger partial charge in [0.25, 0.3) is 5.91 Å². The molecule has 1 aromatic carbocycles. The van der Waals surface area contributed by atoms with Crippen molar-refractivity contribution in [2.75, 3.05) is 13.1 Å². The number of benzene rings is 1. The smallest absolute Gasteiger partial charge is 0.254 e. The highest BCUT2D eigenvalue weighted by molar-refractivity contribution is 6.35. The van der Waals surface area contributed by atoms with Crippen LogP contribution in [0, 0.1) is 0 Å². The predicted molar refractivity (Wildman–Crippen MR) is 63.0 cm³/mol. The van der Waals surface area contributed by atoms with E-state index in [-0.39, 0.29) is 5.91 Å². The minimum Gasteiger partial charge on any atom is -0.391 e. The van der Waals surface area contributed by atoms with E-state index in [0.29, 0.717) is 35.1 Å². The summed E-state index contributed by atoms with van der Waals surface area (Å²) in [6.07, 6.45) is 0.207. The zero-order valence-corrected chi connectivity index (χ0v) is 10.0. The van der Waals surface area contributed by atoms with Crippen LogP contribution in [0.4, 0.5) is 0 Å². The Morgan fingerprint density at radius 3 is 2.44 bits per heavy atom. The summed E-state index contributed by atoms with van der Waals surface area (Å²) in [7, 11) is 0. The monoisotopic (exact) mass is 259 g/mol. The highest BCUT2D eigenvalue weighted by atomic mass is 35.5. The molecule has 1 amide bonds. The van der Waals surface area contributed by atoms with Crippen LogP contribution < -0.4 is 0 Å². The number of hydrogen-bond acceptors (Lipinski definition) is 2. The van der Waals surface area contributed by atoms with Crippen molar-refractivity contribution in [3.05, 3.63) is 33.8 Å². The Balaban J connectivity index is 2.20. The molecule has 1 atom stereocenters. The molecular formula is C11H11Cl2NO2. The normalized spacial score (nSPS) is 20.2. The molecule has 3 nitrogen and oxygen atoms in total. The molecule has 0 radical (unpaired) electrons. The summed E-state index contributed by atoms with van der Waals surface area (Å²) in [6, 6.07) is 4.75. The maximum atomic E-state index is 12.0. The second-order valence-corrected chi connectivity index (χ2v) is 4.72. The van der Waals surface area contributed by atoms with E-state index in [0.717, 1.165) is 0 Å². The van der Waals surface area contributed by atoms with Gasteiger partial charge in [-0.05, 0) is 24.6 Å². The first-order valence-electron chi connectivity index (χ1n) is 4.99. The van der Waals surface area contributed by atoms with E-state index in [1.165, 1.54) is 0 Å². The molecule has 0 bridgehead atoms. The van der Waals surface area contributed by atoms with Crippen LogP contribution in [0.1, 0.15) is 16.8 Å². The fraction of sp³-hybridized carbons (Fsp3) is 0.364. The number of carbonyl (C=O) groups excluding carboxylic acids is 1. The standard InChI is InChI=1S/C11H11Cl2NO2/c12-8-3-7(4-9(13)5-8)11(16)14-2-1-10(15)6-14/h3-5,10,15H,1-2,6H2. The Morgan fingerprint density at radius 2 is 1.94 bits per heavy atom. The van der Waals surface area contributed by atoms with Crippen LogP contribution in [-0.2, 0) is 0 Å². The first kappa shape index (κ1) is 11.7. The summed E-state index contributed by atoms with van der Waals surface area (Å²) in [6.45, 7) is 0.951. The topological polar surface area (TPSA) is 40.5 Å². The van der Waals surface area contributed by atoms with Gasteiger partial charge in [0.1, 0.15) is 0 Å². The van der Waals surface area contributed by atoms with Crippen molar-refractivity contribution in [1.82, 2.24) is 4.90 Å². The summed E-state index contributed by atoms with van der Waals surface area (Å²) in [5.41, 5.74) is 0.464. The number of carbonyl (C=O) groups is 1. The molecule has 1 heterocycles. The Morgan fingerprint density at radius 1 is 1.31 bits per heavy atom. The zero-order chi connectivity index (χ0) is 11.7. The lowest BCUT2D eigenvalue weighted by Crippen LogP contribution is -2.29. The van der Waals surface area contributed by atoms with Gasteiger partial charge in [0.05, 0.1) is 6.10 Å². The van der Waals surface area contributed by atoms with Gasteiger partial charge >= 0.3 is 0 Å². The largest absolute Gasteiger partial charge is 0.391 e. The molecule has 1 fully saturated rings. The number of β-amino-alcohol motifs (C(OH)–C–C–N with tert-alkyl or cyclic N) is 1. The zero-order valence-electron chi connectivity index (χ0n) is 8.49. The van der Waals surface area contributed by atoms with Gasteiger partial charge < -0.3 is 10.0 Å². The van der Waals surface area contributed by atoms with Gasteiger partial charge in [0.2, 0.25) is 0 Å². The van der Waals surface area contributed by atoms with Crippen molar-refractivity contribution in [2.45, 2.75) is 12.5 Å². The predicted octanol–water partition coefficient (Wildman–Crippen LogP) is 2.20. The molecule has 1 saturated heterocycles. The number of halogens is 2. The first-order chi connectivity index (χ1) is 7.56. The molecule has 1 aliphatic heterocycles. The van der Waals surface area contributed by atoms with Gasteiger partial charge in [-0.25, -0.2) is 0 Å². The molecule has 0 aromatic heterocycles. The average Bonchev–Trinajstić information content (AvgIpc) is 2.62. The number of aliphatic hydroxyl groups excluding tert-OH is 1. The summed E-state index contributed by atoms with van der Waals surface area (Å²) in [5.74, 6) is -0.138. The Labute approximate surface area is 104 Å². The van der Waals surface area contributed by atoms with Crippen molar-refractivity contribution in [2.24, 2.45) is 0 Å². The number of amides is 1. The second-order valence-electron chi connectivity index (χ2n) is 3.85. The van der Waals surface area contributed by atoms with Crippen LogP contribution in [-0.4, -0.2) is 35.1 Å². The Bertz CT molecular complexity index is 402. The molecule has 1 aromatic rings. The van der Waals surface area contributed by atoms with Crippen LogP contribution >= 0.6 is 23.2 Å². The van der Waals surface area contributed by atoms with Crippen molar-refractivity contribution in [1.29, 1.82) is 0 Å². The minimum absolute atomic E-state index is 0.138. The second kappa shape index (κ2) is 4.62. The number of aliphatic hydroxyl groups is 1. The van der Waals surface area contributed by atoms with E-state index >= 15 is 0 Å². The van der Waals surface area contributed by atoms with Crippen molar-refractivity contribution >= 4 is 29.1 Å². The molecule has 1 unspecified atom stereocenters. The third-order valence-corrected chi connectivity index (χ3v) is 3.00. The van der Waals surface area contributed by atoms with E-state index < -0.39 is 6.10 Å². The first-order valence-corrected chi connectivity index (χ1v) is 5.75. The van der Waals surface area contributed by atoms with Crippen LogP contribution in [0.25, 0.3) is 0 Å². The van der Waals surface area contributed by atoms with E-state index in [1.54, 1.807) is 23.1 Å². The molecule has 86 valence electrons. The Kier molecular flexibility index (Phi) is 3.38. The molecule has 2 rings (SSSR count). The maximum absolute atomic E-state index is 12.0. The molecular weight excluding hydrogens is 249 g/mol. The molecule has 1 N–H and O–H groups in total. The van der Waals surface area contributed by atoms with Gasteiger partial charge in [-0.1, -0.05) is 23.2 Å². The number of likely N-dealkylation sites (tertiary alicyclic amines) is 1. The van der Waals surface area contributed by atoms with E-state index in [9.17, 15) is 9.90 Å². The summed E-state index contributed by atoms with van der Waals surface area (Å²) in [5, 5.41) is 10.2. The summed E-state index contributed by atoms with van der Waals surface area (Å²) >= 11 is 11.6. The highest BCUT2D eigenvalue weighted by Gasteiger charge is 2.25. The molecule has 0 saturated carbocycles. The third kappa shape index (κ3) is 2.48. The van der Waals surface area contributed by atoms with Gasteiger partial charge in [-0.15, -0.1) is 0 Å². The van der Waals surface area contributed by atoms with Crippen LogP contribution in [0.5, 0.6) is 0 Å². The van der Waals surface area contributed by atoms with Crippen molar-refractivity contribution in [3.63, 3.8) is 0 Å². The van der Waals surface area contributed by atoms with Crippen molar-refractivity contribution < 1.29 is 9.90 Å². The fourth-order valence-electron chi connectivity index (χ4n) is 1.79. The number of rotatable bonds is 1. The minimum atomic E-state index is -0.418. The van der Waals surface area contributed by atoms with Crippen molar-refractivity contribution in [3.8, 4) is 0 Å². The average molecular weight is 260 g/mol. The third-order valence-electron chi connectivity index (χ3n) is 2.56. The van der Waals surface area contributed by atoms with Gasteiger partial charge in [0, 0.05) is 28.7 Å². The van der Waals surface area contributed by atoms with Gasteiger partial charge in [0.15, 0.2) is 0 Å². The molecule has 16 heavy (non-hydrogen) atoms. The molecule has 0 spiro atoms. The number of nitrogens with zero attached hydrogens (tertiary/aromatic N) is 1. The lowest BCUT2D eigenvalue weighted by molar-refractivity contribution is 0.0765. The van der Waals surface area contributed by atoms with E-state index in [1.807, 2.05) is 0 Å². The van der Waals surface area contributed by atoms with Gasteiger partial charge in [-0.2, -0.15) is 0 Å². The summed E-state index contributed by atoms with van der Waals surface area (Å²) in [4.78, 5) is 13.6. The van der Waals surface area contributed by atoms with E-state index in [2.05, 4.69) is 0 Å². The Hall–Kier alpha value is -0.770. The number of hydrogen-bond donors (Lipinski definition) is 1. The van der Waals surface area contributed by atoms with Gasteiger partial charge in [-0.3, -0.25) is 4.79 Å². The molecule has 5 heteroatoms. The summed E-state index contributed by atoms with van der Waals surface area (Å²) < 4.78 is 0. The highest BCUT2D eigenvalue weighted by Crippen LogP contribution is 2.21. The lowest BCUT2D eigenvalue weighted by Gasteiger charge is -2.15. The quantitative estimate of drug-likeness (QED) is 0.840. The van der Waals surface area contributed by atoms with Crippen LogP contribution in [0.3, 0.4) is 0 Å². The SMILES string of the molecule is O=C(c1cc(Cl)cc(Cl)c1)N1CCC(O)C1. The molecule has 1 aliphatic rings. The molecule has 0 aliphatic carbocycles. The van der Waals surface area contributed by atoms with Crippen LogP contribution in [0.15, 0.2) is 18.2 Å². The maximum Gasteiger partial charge on any atom is 0.254 e. The lowest BCUT2D eigenvalue weighted by atomic mass is 10.2.